The molecule has 0 fully saturated rings. The zero-order valence-electron chi connectivity index (χ0n) is 11.7. The number of nitrogens with one attached hydrogen (secondary N) is 1. The van der Waals surface area contributed by atoms with Gasteiger partial charge in [0.05, 0.1) is 26.0 Å². The molecule has 1 aliphatic rings. The molecule has 0 radical (unpaired) electrons. The first kappa shape index (κ1) is 15.9. The summed E-state index contributed by atoms with van der Waals surface area (Å²) >= 11 is 0. The molecular weight excluding hydrogens is 305 g/mol. The number of methoxy groups -OCH3 is 2. The molecule has 0 heterocycles. The van der Waals surface area contributed by atoms with Crippen LogP contribution in [0, 0.1) is 0 Å². The van der Waals surface area contributed by atoms with Crippen LogP contribution in [0.25, 0.3) is 0 Å². The molecule has 0 aliphatic heterocycles. The number of hydrogen-bond donors (Lipinski definition) is 2. The van der Waals surface area contributed by atoms with Gasteiger partial charge in [-0.25, -0.2) is 0 Å². The summed E-state index contributed by atoms with van der Waals surface area (Å²) in [7, 11) is 2.78. The maximum absolute atomic E-state index is 12.4. The van der Waals surface area contributed by atoms with Gasteiger partial charge in [-0.15, -0.1) is 0 Å². The van der Waals surface area contributed by atoms with E-state index in [1.54, 1.807) is 0 Å². The third kappa shape index (κ3) is 2.78. The van der Waals surface area contributed by atoms with Gasteiger partial charge in [-0.1, -0.05) is 5.16 Å². The molecule has 0 saturated heterocycles. The number of oxime groups is 1. The molecule has 6 nitrogen and oxygen atoms in total. The van der Waals surface area contributed by atoms with E-state index in [4.69, 9.17) is 14.7 Å². The van der Waals surface area contributed by atoms with Crippen molar-refractivity contribution in [1.82, 2.24) is 5.32 Å². The molecule has 0 bridgehead atoms. The second-order valence-electron chi connectivity index (χ2n) is 4.57. The summed E-state index contributed by atoms with van der Waals surface area (Å²) in [6, 6.07) is 1.98. The summed E-state index contributed by atoms with van der Waals surface area (Å²) in [5, 5.41) is 13.9. The average molecular weight is 318 g/mol. The van der Waals surface area contributed by atoms with Gasteiger partial charge < -0.3 is 20.0 Å². The molecule has 22 heavy (non-hydrogen) atoms. The number of halogens is 3. The third-order valence-electron chi connectivity index (χ3n) is 3.32. The van der Waals surface area contributed by atoms with Crippen LogP contribution in [-0.2, 0) is 4.79 Å². The Kier molecular flexibility index (Phi) is 4.16. The number of alkyl halides is 3. The number of fused-ring (bicyclic) bond motifs is 1. The Bertz CT molecular complexity index is 628. The monoisotopic (exact) mass is 318 g/mol. The second kappa shape index (κ2) is 5.74. The molecule has 2 rings (SSSR count). The third-order valence-corrected chi connectivity index (χ3v) is 3.32. The highest BCUT2D eigenvalue weighted by Crippen LogP contribution is 2.40. The number of nitrogens with zero attached hydrogens (tertiary/aromatic N) is 1. The van der Waals surface area contributed by atoms with E-state index in [2.05, 4.69) is 5.16 Å². The minimum Gasteiger partial charge on any atom is -0.493 e. The molecule has 1 aliphatic carbocycles. The first-order valence-electron chi connectivity index (χ1n) is 6.16. The van der Waals surface area contributed by atoms with Gasteiger partial charge in [0.1, 0.15) is 0 Å². The lowest BCUT2D eigenvalue weighted by molar-refractivity contribution is -0.174. The normalized spacial score (nSPS) is 19.0. The van der Waals surface area contributed by atoms with Crippen LogP contribution >= 0.6 is 0 Å². The van der Waals surface area contributed by atoms with Crippen molar-refractivity contribution >= 4 is 11.6 Å². The van der Waals surface area contributed by atoms with Gasteiger partial charge in [0.2, 0.25) is 0 Å². The van der Waals surface area contributed by atoms with Crippen LogP contribution in [-0.4, -0.2) is 37.2 Å². The topological polar surface area (TPSA) is 80.2 Å². The van der Waals surface area contributed by atoms with Crippen LogP contribution in [0.4, 0.5) is 13.2 Å². The van der Waals surface area contributed by atoms with Gasteiger partial charge in [0.25, 0.3) is 0 Å². The molecule has 9 heteroatoms. The van der Waals surface area contributed by atoms with E-state index in [0.717, 1.165) is 0 Å². The minimum atomic E-state index is -4.99. The Morgan fingerprint density at radius 2 is 1.91 bits per heavy atom. The molecule has 1 amide bonds. The van der Waals surface area contributed by atoms with Crippen LogP contribution < -0.4 is 14.8 Å². The average Bonchev–Trinajstić information content (AvgIpc) is 2.81. The van der Waals surface area contributed by atoms with Crippen molar-refractivity contribution in [2.24, 2.45) is 5.16 Å². The molecule has 0 unspecified atom stereocenters. The van der Waals surface area contributed by atoms with Crippen LogP contribution in [0.15, 0.2) is 17.3 Å². The second-order valence-corrected chi connectivity index (χ2v) is 4.57. The van der Waals surface area contributed by atoms with Crippen molar-refractivity contribution in [3.63, 3.8) is 0 Å². The van der Waals surface area contributed by atoms with Crippen molar-refractivity contribution in [3.05, 3.63) is 23.3 Å². The fraction of sp³-hybridized carbons (Fsp3) is 0.385. The lowest BCUT2D eigenvalue weighted by Crippen LogP contribution is -2.38. The van der Waals surface area contributed by atoms with Crippen molar-refractivity contribution in [2.75, 3.05) is 14.2 Å². The van der Waals surface area contributed by atoms with Crippen molar-refractivity contribution in [1.29, 1.82) is 0 Å². The predicted octanol–water partition coefficient (Wildman–Crippen LogP) is 2.01. The fourth-order valence-corrected chi connectivity index (χ4v) is 2.31. The molecule has 0 saturated carbocycles. The van der Waals surface area contributed by atoms with Gasteiger partial charge >= 0.3 is 12.1 Å². The van der Waals surface area contributed by atoms with E-state index in [0.29, 0.717) is 22.6 Å². The van der Waals surface area contributed by atoms with Crippen molar-refractivity contribution < 1.29 is 32.6 Å². The minimum absolute atomic E-state index is 0.0655. The van der Waals surface area contributed by atoms with Crippen molar-refractivity contribution in [3.8, 4) is 11.5 Å². The van der Waals surface area contributed by atoms with Crippen LogP contribution in [0.1, 0.15) is 23.6 Å². The molecule has 0 spiro atoms. The summed E-state index contributed by atoms with van der Waals surface area (Å²) in [6.45, 7) is 0. The fourth-order valence-electron chi connectivity index (χ4n) is 2.31. The Morgan fingerprint density at radius 3 is 2.41 bits per heavy atom. The molecule has 0 aromatic heterocycles. The summed E-state index contributed by atoms with van der Waals surface area (Å²) in [6.07, 6.45) is -5.06. The molecule has 2 N–H and O–H groups in total. The number of hydrogen-bond acceptors (Lipinski definition) is 5. The Hall–Kier alpha value is -2.45. The lowest BCUT2D eigenvalue weighted by Gasteiger charge is -2.16. The largest absolute Gasteiger partial charge is 0.493 e. The Labute approximate surface area is 123 Å². The Balaban J connectivity index is 2.42. The molecule has 1 aromatic carbocycles. The van der Waals surface area contributed by atoms with Crippen LogP contribution in [0.3, 0.4) is 0 Å². The summed E-state index contributed by atoms with van der Waals surface area (Å²) in [5.74, 6) is -1.42. The van der Waals surface area contributed by atoms with E-state index in [1.807, 2.05) is 5.32 Å². The number of carbonyl (C=O) groups excluding carboxylic acids is 1. The van der Waals surface area contributed by atoms with E-state index in [9.17, 15) is 18.0 Å². The zero-order valence-corrected chi connectivity index (χ0v) is 11.7. The number of amides is 1. The highest BCUT2D eigenvalue weighted by atomic mass is 19.4. The van der Waals surface area contributed by atoms with E-state index in [1.165, 1.54) is 26.4 Å². The van der Waals surface area contributed by atoms with E-state index in [-0.39, 0.29) is 12.1 Å². The van der Waals surface area contributed by atoms with Gasteiger partial charge in [-0.05, 0) is 17.7 Å². The highest BCUT2D eigenvalue weighted by Gasteiger charge is 2.42. The predicted molar refractivity (Wildman–Crippen MR) is 69.4 cm³/mol. The van der Waals surface area contributed by atoms with Crippen molar-refractivity contribution in [2.45, 2.75) is 18.6 Å². The SMILES string of the molecule is COc1cc2c(cc1OC)[C@H](NC(=O)C(F)(F)F)C/C2=N/O. The first-order chi connectivity index (χ1) is 10.3. The number of rotatable bonds is 3. The van der Waals surface area contributed by atoms with E-state index >= 15 is 0 Å². The Morgan fingerprint density at radius 1 is 1.32 bits per heavy atom. The van der Waals surface area contributed by atoms with Gasteiger partial charge in [-0.2, -0.15) is 13.2 Å². The van der Waals surface area contributed by atoms with Gasteiger partial charge in [0, 0.05) is 12.0 Å². The number of carbonyl (C=O) groups is 1. The standard InChI is InChI=1S/C13H13F3N2O4/c1-21-10-3-6-7(4-11(10)22-2)9(18-20)5-8(6)17-12(19)13(14,15)16/h3-4,8,20H,5H2,1-2H3,(H,17,19)/b18-9-/t8-/m1/s1. The maximum atomic E-state index is 12.4. The van der Waals surface area contributed by atoms with Crippen LogP contribution in [0.5, 0.6) is 11.5 Å². The highest BCUT2D eigenvalue weighted by molar-refractivity contribution is 6.06. The molecule has 1 atom stereocenters. The summed E-state index contributed by atoms with van der Waals surface area (Å²) in [4.78, 5) is 11.1. The van der Waals surface area contributed by atoms with Gasteiger partial charge in [0.15, 0.2) is 11.5 Å². The number of ether oxygens (including phenoxy) is 2. The maximum Gasteiger partial charge on any atom is 0.471 e. The summed E-state index contributed by atoms with van der Waals surface area (Å²) in [5.41, 5.74) is 0.916. The van der Waals surface area contributed by atoms with Gasteiger partial charge in [-0.3, -0.25) is 4.79 Å². The molecule has 120 valence electrons. The molecule has 1 aromatic rings. The summed E-state index contributed by atoms with van der Waals surface area (Å²) < 4.78 is 47.3. The quantitative estimate of drug-likeness (QED) is 0.660. The van der Waals surface area contributed by atoms with E-state index < -0.39 is 18.1 Å². The smallest absolute Gasteiger partial charge is 0.471 e. The molecular formula is C13H13F3N2O4. The first-order valence-corrected chi connectivity index (χ1v) is 6.16. The van der Waals surface area contributed by atoms with Crippen LogP contribution in [0.2, 0.25) is 0 Å². The number of benzene rings is 1. The zero-order chi connectivity index (χ0) is 16.5. The lowest BCUT2D eigenvalue weighted by atomic mass is 10.1.